The Balaban J connectivity index is 2.02. The monoisotopic (exact) mass is 261 g/mol. The lowest BCUT2D eigenvalue weighted by Gasteiger charge is -2.23. The molecule has 1 N–H and O–H groups in total. The van der Waals surface area contributed by atoms with Crippen LogP contribution >= 0.6 is 11.8 Å². The van der Waals surface area contributed by atoms with E-state index in [1.807, 2.05) is 12.1 Å². The number of alkyl halides is 3. The summed E-state index contributed by atoms with van der Waals surface area (Å²) in [6.45, 7) is 1.98. The lowest BCUT2D eigenvalue weighted by molar-refractivity contribution is -0.0328. The Labute approximate surface area is 103 Å². The zero-order valence-electron chi connectivity index (χ0n) is 9.26. The van der Waals surface area contributed by atoms with E-state index in [1.165, 1.54) is 0 Å². The van der Waals surface area contributed by atoms with Crippen molar-refractivity contribution in [1.82, 2.24) is 5.32 Å². The van der Waals surface area contributed by atoms with E-state index in [2.05, 4.69) is 5.32 Å². The summed E-state index contributed by atoms with van der Waals surface area (Å²) in [5, 5.41) is 3.27. The maximum absolute atomic E-state index is 12.2. The second kappa shape index (κ2) is 5.31. The van der Waals surface area contributed by atoms with Crippen LogP contribution in [-0.4, -0.2) is 18.6 Å². The lowest BCUT2D eigenvalue weighted by Crippen LogP contribution is -2.26. The maximum Gasteiger partial charge on any atom is 0.446 e. The Bertz CT molecular complexity index is 355. The molecule has 1 aromatic carbocycles. The van der Waals surface area contributed by atoms with Gasteiger partial charge >= 0.3 is 5.51 Å². The van der Waals surface area contributed by atoms with E-state index in [9.17, 15) is 13.2 Å². The number of hydrogen-bond donors (Lipinski definition) is 1. The molecule has 0 aromatic heterocycles. The molecule has 1 heterocycles. The van der Waals surface area contributed by atoms with Gasteiger partial charge in [-0.3, -0.25) is 0 Å². The molecule has 17 heavy (non-hydrogen) atoms. The van der Waals surface area contributed by atoms with Crippen molar-refractivity contribution in [2.24, 2.45) is 0 Å². The normalized spacial score (nSPS) is 18.3. The van der Waals surface area contributed by atoms with Crippen LogP contribution in [0.25, 0.3) is 0 Å². The number of thioether (sulfide) groups is 1. The molecule has 0 saturated carbocycles. The van der Waals surface area contributed by atoms with Crippen molar-refractivity contribution in [2.45, 2.75) is 29.2 Å². The molecule has 1 aliphatic heterocycles. The Hall–Kier alpha value is -0.680. The fraction of sp³-hybridized carbons (Fsp3) is 0.500. The van der Waals surface area contributed by atoms with Crippen LogP contribution in [0.1, 0.15) is 24.3 Å². The first-order chi connectivity index (χ1) is 8.04. The summed E-state index contributed by atoms with van der Waals surface area (Å²) in [7, 11) is 0. The van der Waals surface area contributed by atoms with Crippen LogP contribution in [0.3, 0.4) is 0 Å². The van der Waals surface area contributed by atoms with Crippen molar-refractivity contribution in [3.63, 3.8) is 0 Å². The zero-order valence-corrected chi connectivity index (χ0v) is 10.1. The van der Waals surface area contributed by atoms with Gasteiger partial charge in [0.1, 0.15) is 0 Å². The van der Waals surface area contributed by atoms with Gasteiger partial charge in [0, 0.05) is 4.90 Å². The second-order valence-corrected chi connectivity index (χ2v) is 5.28. The van der Waals surface area contributed by atoms with E-state index in [0.29, 0.717) is 5.92 Å². The fourth-order valence-electron chi connectivity index (χ4n) is 2.10. The van der Waals surface area contributed by atoms with Gasteiger partial charge in [-0.05, 0) is 61.3 Å². The van der Waals surface area contributed by atoms with Crippen molar-refractivity contribution in [1.29, 1.82) is 0 Å². The molecule has 0 aliphatic carbocycles. The van der Waals surface area contributed by atoms with E-state index in [0.717, 1.165) is 31.5 Å². The highest BCUT2D eigenvalue weighted by Crippen LogP contribution is 2.37. The summed E-state index contributed by atoms with van der Waals surface area (Å²) in [6, 6.07) is 6.78. The highest BCUT2D eigenvalue weighted by Gasteiger charge is 2.29. The molecule has 94 valence electrons. The van der Waals surface area contributed by atoms with Gasteiger partial charge in [0.2, 0.25) is 0 Å². The first-order valence-corrected chi connectivity index (χ1v) is 6.43. The quantitative estimate of drug-likeness (QED) is 0.813. The number of rotatable bonds is 2. The van der Waals surface area contributed by atoms with Gasteiger partial charge in [0.15, 0.2) is 0 Å². The molecule has 0 amide bonds. The van der Waals surface area contributed by atoms with E-state index in [-0.39, 0.29) is 16.7 Å². The first kappa shape index (κ1) is 12.8. The van der Waals surface area contributed by atoms with Crippen molar-refractivity contribution < 1.29 is 13.2 Å². The molecule has 2 rings (SSSR count). The van der Waals surface area contributed by atoms with Crippen LogP contribution in [0.15, 0.2) is 29.2 Å². The summed E-state index contributed by atoms with van der Waals surface area (Å²) >= 11 is -0.0562. The van der Waals surface area contributed by atoms with Gasteiger partial charge in [-0.2, -0.15) is 13.2 Å². The number of piperidine rings is 1. The summed E-state index contributed by atoms with van der Waals surface area (Å²) in [5.74, 6) is 0.487. The molecule has 1 fully saturated rings. The van der Waals surface area contributed by atoms with E-state index >= 15 is 0 Å². The SMILES string of the molecule is FC(F)(F)Sc1ccc(C2CCNCC2)cc1. The van der Waals surface area contributed by atoms with E-state index in [1.54, 1.807) is 12.1 Å². The van der Waals surface area contributed by atoms with Crippen molar-refractivity contribution in [3.8, 4) is 0 Å². The molecule has 1 aromatic rings. The Morgan fingerprint density at radius 1 is 1.06 bits per heavy atom. The highest BCUT2D eigenvalue weighted by molar-refractivity contribution is 8.00. The van der Waals surface area contributed by atoms with Gasteiger partial charge in [-0.15, -0.1) is 0 Å². The Kier molecular flexibility index (Phi) is 3.99. The van der Waals surface area contributed by atoms with Gasteiger partial charge in [-0.1, -0.05) is 12.1 Å². The van der Waals surface area contributed by atoms with Gasteiger partial charge in [0.05, 0.1) is 0 Å². The number of hydrogen-bond acceptors (Lipinski definition) is 2. The molecular formula is C12H14F3NS. The van der Waals surface area contributed by atoms with Crippen molar-refractivity contribution in [2.75, 3.05) is 13.1 Å². The van der Waals surface area contributed by atoms with Crippen LogP contribution in [0, 0.1) is 0 Å². The minimum Gasteiger partial charge on any atom is -0.317 e. The minimum atomic E-state index is -4.20. The minimum absolute atomic E-state index is 0.0562. The molecule has 0 radical (unpaired) electrons. The summed E-state index contributed by atoms with van der Waals surface area (Å²) in [4.78, 5) is 0.259. The predicted molar refractivity (Wildman–Crippen MR) is 63.2 cm³/mol. The average Bonchev–Trinajstić information content (AvgIpc) is 2.29. The van der Waals surface area contributed by atoms with Crippen LogP contribution in [0.2, 0.25) is 0 Å². The molecule has 1 nitrogen and oxygen atoms in total. The molecule has 5 heteroatoms. The van der Waals surface area contributed by atoms with Crippen LogP contribution in [0.4, 0.5) is 13.2 Å². The topological polar surface area (TPSA) is 12.0 Å². The van der Waals surface area contributed by atoms with Crippen LogP contribution in [0.5, 0.6) is 0 Å². The molecule has 0 bridgehead atoms. The third-order valence-corrected chi connectivity index (χ3v) is 3.66. The molecule has 0 atom stereocenters. The summed E-state index contributed by atoms with van der Waals surface area (Å²) in [6.07, 6.45) is 2.12. The third-order valence-electron chi connectivity index (χ3n) is 2.92. The molecule has 1 aliphatic rings. The Morgan fingerprint density at radius 2 is 1.65 bits per heavy atom. The molecule has 1 saturated heterocycles. The third kappa shape index (κ3) is 3.92. The summed E-state index contributed by atoms with van der Waals surface area (Å²) in [5.41, 5.74) is -3.05. The van der Waals surface area contributed by atoms with Crippen molar-refractivity contribution >= 4 is 11.8 Å². The second-order valence-electron chi connectivity index (χ2n) is 4.14. The highest BCUT2D eigenvalue weighted by atomic mass is 32.2. The Morgan fingerprint density at radius 3 is 2.18 bits per heavy atom. The van der Waals surface area contributed by atoms with Gasteiger partial charge < -0.3 is 5.32 Å². The number of halogens is 3. The van der Waals surface area contributed by atoms with Gasteiger partial charge in [-0.25, -0.2) is 0 Å². The van der Waals surface area contributed by atoms with E-state index < -0.39 is 5.51 Å². The largest absolute Gasteiger partial charge is 0.446 e. The maximum atomic E-state index is 12.2. The number of benzene rings is 1. The molecule has 0 unspecified atom stereocenters. The fourth-order valence-corrected chi connectivity index (χ4v) is 2.64. The predicted octanol–water partition coefficient (Wildman–Crippen LogP) is 3.77. The standard InChI is InChI=1S/C12H14F3NS/c13-12(14,15)17-11-3-1-9(2-4-11)10-5-7-16-8-6-10/h1-4,10,16H,5-8H2. The molecular weight excluding hydrogens is 247 g/mol. The average molecular weight is 261 g/mol. The smallest absolute Gasteiger partial charge is 0.317 e. The van der Waals surface area contributed by atoms with Crippen LogP contribution < -0.4 is 5.32 Å². The first-order valence-electron chi connectivity index (χ1n) is 5.61. The van der Waals surface area contributed by atoms with Crippen LogP contribution in [-0.2, 0) is 0 Å². The zero-order chi connectivity index (χ0) is 12.3. The van der Waals surface area contributed by atoms with Gasteiger partial charge in [0.25, 0.3) is 0 Å². The van der Waals surface area contributed by atoms with Crippen molar-refractivity contribution in [3.05, 3.63) is 29.8 Å². The van der Waals surface area contributed by atoms with E-state index in [4.69, 9.17) is 0 Å². The lowest BCUT2D eigenvalue weighted by atomic mass is 9.90. The molecule has 0 spiro atoms. The summed E-state index contributed by atoms with van der Waals surface area (Å²) < 4.78 is 36.5. The number of nitrogens with one attached hydrogen (secondary N) is 1.